The van der Waals surface area contributed by atoms with E-state index >= 15 is 0 Å². The summed E-state index contributed by atoms with van der Waals surface area (Å²) in [4.78, 5) is 25.0. The number of allylic oxidation sites excluding steroid dienone is 1. The van der Waals surface area contributed by atoms with E-state index in [9.17, 15) is 9.59 Å². The highest BCUT2D eigenvalue weighted by molar-refractivity contribution is 7.99. The molecule has 0 unspecified atom stereocenters. The van der Waals surface area contributed by atoms with Gasteiger partial charge < -0.3 is 15.2 Å². The number of benzene rings is 2. The van der Waals surface area contributed by atoms with E-state index in [-0.39, 0.29) is 27.6 Å². The molecule has 0 saturated heterocycles. The van der Waals surface area contributed by atoms with Gasteiger partial charge in [0.25, 0.3) is 5.91 Å². The van der Waals surface area contributed by atoms with E-state index in [0.29, 0.717) is 38.8 Å². The normalized spacial score (nSPS) is 11.7. The summed E-state index contributed by atoms with van der Waals surface area (Å²) in [5.41, 5.74) is 0.826. The van der Waals surface area contributed by atoms with Crippen LogP contribution in [0.4, 0.5) is 5.69 Å². The molecular weight excluding hydrogens is 540 g/mol. The molecule has 0 fully saturated rings. The number of anilines is 1. The Bertz CT molecular complexity index is 1220. The summed E-state index contributed by atoms with van der Waals surface area (Å²) in [6.07, 6.45) is 1.68. The Hall–Kier alpha value is -2.23. The zero-order valence-corrected chi connectivity index (χ0v) is 21.7. The molecule has 1 aromatic heterocycles. The average molecular weight is 559 g/mol. The van der Waals surface area contributed by atoms with Gasteiger partial charge in [-0.3, -0.25) is 9.59 Å². The first kappa shape index (κ1) is 26.4. The van der Waals surface area contributed by atoms with Crippen LogP contribution in [0.2, 0.25) is 20.1 Å². The standard InChI is InChI=1S/C22H19Cl4N5O2S/c1-3-8-31-20(12(2)27-21(33)13-4-6-14(23)7-5-13)29-30-22(31)34-11-19(32)28-18-10-16(25)15(24)9-17(18)26/h3-7,9-10,12H,1,8,11H2,2H3,(H,27,33)(H,28,32)/t12-/m0/s1. The fourth-order valence-electron chi connectivity index (χ4n) is 2.91. The van der Waals surface area contributed by atoms with Gasteiger partial charge in [0.15, 0.2) is 11.0 Å². The molecular formula is C22H19Cl4N5O2S. The van der Waals surface area contributed by atoms with Crippen LogP contribution in [0.15, 0.2) is 54.2 Å². The Morgan fingerprint density at radius 1 is 1.09 bits per heavy atom. The molecule has 3 rings (SSSR count). The first-order valence-electron chi connectivity index (χ1n) is 9.87. The van der Waals surface area contributed by atoms with Gasteiger partial charge in [-0.15, -0.1) is 16.8 Å². The molecule has 0 aliphatic rings. The van der Waals surface area contributed by atoms with E-state index < -0.39 is 6.04 Å². The maximum absolute atomic E-state index is 12.6. The van der Waals surface area contributed by atoms with Gasteiger partial charge in [-0.2, -0.15) is 0 Å². The number of thioether (sulfide) groups is 1. The van der Waals surface area contributed by atoms with Crippen molar-refractivity contribution < 1.29 is 9.59 Å². The first-order chi connectivity index (χ1) is 16.2. The largest absolute Gasteiger partial charge is 0.342 e. The van der Waals surface area contributed by atoms with Crippen molar-refractivity contribution in [2.24, 2.45) is 0 Å². The third-order valence-electron chi connectivity index (χ3n) is 4.51. The van der Waals surface area contributed by atoms with Crippen molar-refractivity contribution in [2.45, 2.75) is 24.7 Å². The number of carbonyl (C=O) groups excluding carboxylic acids is 2. The van der Waals surface area contributed by atoms with Gasteiger partial charge in [0.05, 0.1) is 32.5 Å². The quantitative estimate of drug-likeness (QED) is 0.183. The van der Waals surface area contributed by atoms with Crippen LogP contribution in [0.5, 0.6) is 0 Å². The third-order valence-corrected chi connectivity index (χ3v) is 6.77. The molecule has 0 radical (unpaired) electrons. The van der Waals surface area contributed by atoms with E-state index in [1.807, 2.05) is 0 Å². The Morgan fingerprint density at radius 2 is 1.76 bits per heavy atom. The van der Waals surface area contributed by atoms with Gasteiger partial charge in [-0.25, -0.2) is 0 Å². The molecule has 1 atom stereocenters. The van der Waals surface area contributed by atoms with Crippen molar-refractivity contribution in [3.8, 4) is 0 Å². The Balaban J connectivity index is 1.67. The minimum Gasteiger partial charge on any atom is -0.342 e. The number of halogens is 4. The molecule has 3 aromatic rings. The summed E-state index contributed by atoms with van der Waals surface area (Å²) in [5.74, 6) is -0.0247. The predicted molar refractivity (Wildman–Crippen MR) is 138 cm³/mol. The number of aromatic nitrogens is 3. The molecule has 12 heteroatoms. The molecule has 2 aromatic carbocycles. The number of rotatable bonds is 9. The smallest absolute Gasteiger partial charge is 0.251 e. The highest BCUT2D eigenvalue weighted by Gasteiger charge is 2.21. The lowest BCUT2D eigenvalue weighted by Crippen LogP contribution is -2.28. The monoisotopic (exact) mass is 557 g/mol. The highest BCUT2D eigenvalue weighted by Crippen LogP contribution is 2.32. The lowest BCUT2D eigenvalue weighted by atomic mass is 10.2. The summed E-state index contributed by atoms with van der Waals surface area (Å²) in [6.45, 7) is 5.96. The molecule has 2 N–H and O–H groups in total. The predicted octanol–water partition coefficient (Wildman–Crippen LogP) is 6.30. The lowest BCUT2D eigenvalue weighted by molar-refractivity contribution is -0.113. The highest BCUT2D eigenvalue weighted by atomic mass is 35.5. The molecule has 0 aliphatic heterocycles. The second-order valence-electron chi connectivity index (χ2n) is 7.03. The number of nitrogens with one attached hydrogen (secondary N) is 2. The SMILES string of the molecule is C=CCn1c(SCC(=O)Nc2cc(Cl)c(Cl)cc2Cl)nnc1[C@H](C)NC(=O)c1ccc(Cl)cc1. The van der Waals surface area contributed by atoms with E-state index in [1.165, 1.54) is 23.9 Å². The van der Waals surface area contributed by atoms with Gasteiger partial charge in [0.1, 0.15) is 0 Å². The molecule has 0 aliphatic carbocycles. The molecule has 2 amide bonds. The lowest BCUT2D eigenvalue weighted by Gasteiger charge is -2.15. The Morgan fingerprint density at radius 3 is 2.44 bits per heavy atom. The van der Waals surface area contributed by atoms with E-state index in [1.54, 1.807) is 41.8 Å². The Kier molecular flexibility index (Phi) is 9.27. The van der Waals surface area contributed by atoms with Crippen LogP contribution >= 0.6 is 58.2 Å². The third kappa shape index (κ3) is 6.67. The van der Waals surface area contributed by atoms with Crippen LogP contribution < -0.4 is 10.6 Å². The zero-order valence-electron chi connectivity index (χ0n) is 17.8. The molecule has 7 nitrogen and oxygen atoms in total. The average Bonchev–Trinajstić information content (AvgIpc) is 3.19. The fourth-order valence-corrected chi connectivity index (χ4v) is 4.38. The zero-order chi connectivity index (χ0) is 24.8. The summed E-state index contributed by atoms with van der Waals surface area (Å²) < 4.78 is 1.78. The molecule has 178 valence electrons. The molecule has 1 heterocycles. The molecule has 0 saturated carbocycles. The van der Waals surface area contributed by atoms with Crippen LogP contribution in [0.25, 0.3) is 0 Å². The van der Waals surface area contributed by atoms with Gasteiger partial charge in [-0.05, 0) is 43.3 Å². The summed E-state index contributed by atoms with van der Waals surface area (Å²) in [6, 6.07) is 9.06. The number of hydrogen-bond acceptors (Lipinski definition) is 5. The van der Waals surface area contributed by atoms with Crippen LogP contribution in [0.3, 0.4) is 0 Å². The van der Waals surface area contributed by atoms with Gasteiger partial charge >= 0.3 is 0 Å². The minimum absolute atomic E-state index is 0.0391. The number of hydrogen-bond donors (Lipinski definition) is 2. The van der Waals surface area contributed by atoms with Crippen LogP contribution in [-0.2, 0) is 11.3 Å². The van der Waals surface area contributed by atoms with E-state index in [4.69, 9.17) is 46.4 Å². The van der Waals surface area contributed by atoms with Crippen molar-refractivity contribution in [3.05, 3.63) is 80.5 Å². The van der Waals surface area contributed by atoms with E-state index in [2.05, 4.69) is 27.4 Å². The maximum Gasteiger partial charge on any atom is 0.251 e. The van der Waals surface area contributed by atoms with Crippen LogP contribution in [0.1, 0.15) is 29.1 Å². The van der Waals surface area contributed by atoms with Crippen molar-refractivity contribution in [1.29, 1.82) is 0 Å². The van der Waals surface area contributed by atoms with Crippen LogP contribution in [0, 0.1) is 0 Å². The van der Waals surface area contributed by atoms with Gasteiger partial charge in [0, 0.05) is 17.1 Å². The molecule has 34 heavy (non-hydrogen) atoms. The second kappa shape index (κ2) is 12.0. The van der Waals surface area contributed by atoms with Gasteiger partial charge in [-0.1, -0.05) is 64.2 Å². The second-order valence-corrected chi connectivity index (χ2v) is 9.63. The van der Waals surface area contributed by atoms with Crippen LogP contribution in [-0.4, -0.2) is 32.3 Å². The number of amides is 2. The van der Waals surface area contributed by atoms with Crippen molar-refractivity contribution in [3.63, 3.8) is 0 Å². The maximum atomic E-state index is 12.6. The Labute approximate surface area is 220 Å². The first-order valence-corrected chi connectivity index (χ1v) is 12.4. The van der Waals surface area contributed by atoms with Crippen molar-refractivity contribution in [1.82, 2.24) is 20.1 Å². The topological polar surface area (TPSA) is 88.9 Å². The number of carbonyl (C=O) groups is 2. The summed E-state index contributed by atoms with van der Waals surface area (Å²) in [5, 5.41) is 15.9. The minimum atomic E-state index is -0.450. The summed E-state index contributed by atoms with van der Waals surface area (Å²) in [7, 11) is 0. The van der Waals surface area contributed by atoms with E-state index in [0.717, 1.165) is 0 Å². The van der Waals surface area contributed by atoms with Crippen molar-refractivity contribution in [2.75, 3.05) is 11.1 Å². The van der Waals surface area contributed by atoms with Gasteiger partial charge in [0.2, 0.25) is 5.91 Å². The van der Waals surface area contributed by atoms with Crippen molar-refractivity contribution >= 4 is 75.7 Å². The molecule has 0 spiro atoms. The fraction of sp³-hybridized carbons (Fsp3) is 0.182. The molecule has 0 bridgehead atoms. The summed E-state index contributed by atoms with van der Waals surface area (Å²) >= 11 is 25.1. The number of nitrogens with zero attached hydrogens (tertiary/aromatic N) is 3.